The summed E-state index contributed by atoms with van der Waals surface area (Å²) in [4.78, 5) is 11.3. The fourth-order valence-corrected chi connectivity index (χ4v) is 2.21. The van der Waals surface area contributed by atoms with Crippen LogP contribution in [0.1, 0.15) is 11.7 Å². The summed E-state index contributed by atoms with van der Waals surface area (Å²) in [6.07, 6.45) is 0.827. The molecular weight excluding hydrogens is 285 g/mol. The Morgan fingerprint density at radius 2 is 2.14 bits per heavy atom. The first-order valence-corrected chi connectivity index (χ1v) is 6.78. The van der Waals surface area contributed by atoms with Crippen molar-refractivity contribution < 1.29 is 18.7 Å². The predicted molar refractivity (Wildman–Crippen MR) is 80.5 cm³/mol. The fourth-order valence-electron chi connectivity index (χ4n) is 2.21. The molecule has 0 aromatic heterocycles. The number of carbonyl (C=O) groups excluding carboxylic acids is 1. The molecule has 3 rings (SSSR count). The van der Waals surface area contributed by atoms with Crippen LogP contribution in [0.4, 0.5) is 10.1 Å². The zero-order chi connectivity index (χ0) is 15.5. The van der Waals surface area contributed by atoms with Crippen LogP contribution in [0.3, 0.4) is 0 Å². The summed E-state index contributed by atoms with van der Waals surface area (Å²) in [5, 5.41) is 2.65. The lowest BCUT2D eigenvalue weighted by Crippen LogP contribution is -2.21. The number of amides is 1. The Labute approximate surface area is 127 Å². The minimum absolute atomic E-state index is 0.273. The lowest BCUT2D eigenvalue weighted by Gasteiger charge is -2.27. The summed E-state index contributed by atoms with van der Waals surface area (Å²) in [7, 11) is 0. The van der Waals surface area contributed by atoms with E-state index in [9.17, 15) is 9.18 Å². The molecule has 0 fully saturated rings. The monoisotopic (exact) mass is 299 g/mol. The molecular formula is C17H14FNO3. The van der Waals surface area contributed by atoms with Crippen LogP contribution in [0.5, 0.6) is 11.5 Å². The Hall–Kier alpha value is -2.82. The third-order valence-corrected chi connectivity index (χ3v) is 3.28. The van der Waals surface area contributed by atoms with Gasteiger partial charge in [0.15, 0.2) is 17.6 Å². The highest BCUT2D eigenvalue weighted by atomic mass is 19.1. The van der Waals surface area contributed by atoms with E-state index >= 15 is 0 Å². The largest absolute Gasteiger partial charge is 0.485 e. The quantitative estimate of drug-likeness (QED) is 0.883. The van der Waals surface area contributed by atoms with Gasteiger partial charge in [-0.25, -0.2) is 4.39 Å². The Kier molecular flexibility index (Phi) is 3.78. The van der Waals surface area contributed by atoms with Crippen molar-refractivity contribution in [3.05, 3.63) is 66.5 Å². The number of carbonyl (C=O) groups is 1. The first-order chi connectivity index (χ1) is 10.7. The Bertz CT molecular complexity index is 730. The topological polar surface area (TPSA) is 47.6 Å². The molecule has 4 nitrogen and oxygen atoms in total. The smallest absolute Gasteiger partial charge is 0.247 e. The third-order valence-electron chi connectivity index (χ3n) is 3.28. The molecule has 1 heterocycles. The molecule has 1 atom stereocenters. The van der Waals surface area contributed by atoms with Gasteiger partial charge in [-0.3, -0.25) is 4.79 Å². The van der Waals surface area contributed by atoms with E-state index in [1.807, 2.05) is 0 Å². The maximum Gasteiger partial charge on any atom is 0.247 e. The van der Waals surface area contributed by atoms with Crippen molar-refractivity contribution in [2.24, 2.45) is 0 Å². The van der Waals surface area contributed by atoms with Crippen LogP contribution in [0.2, 0.25) is 0 Å². The van der Waals surface area contributed by atoms with Crippen LogP contribution in [-0.2, 0) is 4.79 Å². The molecule has 0 saturated carbocycles. The minimum Gasteiger partial charge on any atom is -0.485 e. The van der Waals surface area contributed by atoms with Crippen LogP contribution in [0.25, 0.3) is 0 Å². The van der Waals surface area contributed by atoms with Gasteiger partial charge in [0.25, 0.3) is 0 Å². The van der Waals surface area contributed by atoms with Crippen molar-refractivity contribution in [3.8, 4) is 11.5 Å². The zero-order valence-corrected chi connectivity index (χ0v) is 11.7. The molecule has 0 radical (unpaired) electrons. The van der Waals surface area contributed by atoms with Crippen molar-refractivity contribution in [2.45, 2.75) is 6.10 Å². The van der Waals surface area contributed by atoms with Crippen molar-refractivity contribution in [2.75, 3.05) is 11.9 Å². The Morgan fingerprint density at radius 1 is 1.27 bits per heavy atom. The molecule has 112 valence electrons. The number of fused-ring (bicyclic) bond motifs is 1. The second-order valence-electron chi connectivity index (χ2n) is 4.83. The van der Waals surface area contributed by atoms with Crippen LogP contribution in [0.15, 0.2) is 55.1 Å². The average Bonchev–Trinajstić information content (AvgIpc) is 2.54. The van der Waals surface area contributed by atoms with Crippen molar-refractivity contribution in [1.29, 1.82) is 0 Å². The molecule has 1 amide bonds. The first kappa shape index (κ1) is 14.1. The zero-order valence-electron chi connectivity index (χ0n) is 11.7. The highest BCUT2D eigenvalue weighted by Crippen LogP contribution is 2.38. The molecule has 1 N–H and O–H groups in total. The van der Waals surface area contributed by atoms with Gasteiger partial charge in [0, 0.05) is 11.8 Å². The van der Waals surface area contributed by atoms with Gasteiger partial charge in [-0.2, -0.15) is 0 Å². The number of benzene rings is 2. The number of ether oxygens (including phenoxy) is 2. The van der Waals surface area contributed by atoms with Crippen LogP contribution in [0, 0.1) is 5.82 Å². The molecule has 2 aromatic rings. The van der Waals surface area contributed by atoms with Crippen LogP contribution >= 0.6 is 0 Å². The standard InChI is InChI=1S/C17H14FNO3/c1-2-17(20)19-13-6-7-14-15(9-13)21-10-16(22-14)11-4-3-5-12(18)8-11/h2-9,16H,1,10H2,(H,19,20). The minimum atomic E-state index is -0.364. The normalized spacial score (nSPS) is 16.0. The lowest BCUT2D eigenvalue weighted by molar-refractivity contribution is -0.111. The van der Waals surface area contributed by atoms with Crippen LogP contribution in [-0.4, -0.2) is 12.5 Å². The molecule has 0 saturated heterocycles. The van der Waals surface area contributed by atoms with E-state index in [0.717, 1.165) is 5.56 Å². The summed E-state index contributed by atoms with van der Waals surface area (Å²) in [6, 6.07) is 11.3. The SMILES string of the molecule is C=CC(=O)Nc1ccc2c(c1)OCC(c1cccc(F)c1)O2. The van der Waals surface area contributed by atoms with Crippen molar-refractivity contribution >= 4 is 11.6 Å². The van der Waals surface area contributed by atoms with Gasteiger partial charge in [0.1, 0.15) is 12.4 Å². The third kappa shape index (κ3) is 2.93. The second-order valence-corrected chi connectivity index (χ2v) is 4.83. The summed E-state index contributed by atoms with van der Waals surface area (Å²) >= 11 is 0. The van der Waals surface area contributed by atoms with Gasteiger partial charge in [-0.15, -0.1) is 0 Å². The molecule has 2 aromatic carbocycles. The van der Waals surface area contributed by atoms with Gasteiger partial charge in [0.05, 0.1) is 0 Å². The van der Waals surface area contributed by atoms with Crippen LogP contribution < -0.4 is 14.8 Å². The van der Waals surface area contributed by atoms with Gasteiger partial charge in [-0.1, -0.05) is 18.7 Å². The van der Waals surface area contributed by atoms with E-state index < -0.39 is 0 Å². The lowest BCUT2D eigenvalue weighted by atomic mass is 10.1. The molecule has 5 heteroatoms. The van der Waals surface area contributed by atoms with E-state index in [0.29, 0.717) is 17.2 Å². The summed E-state index contributed by atoms with van der Waals surface area (Å²) in [5.41, 5.74) is 1.31. The molecule has 0 aliphatic carbocycles. The Morgan fingerprint density at radius 3 is 2.91 bits per heavy atom. The molecule has 1 aliphatic rings. The predicted octanol–water partition coefficient (Wildman–Crippen LogP) is 3.46. The maximum absolute atomic E-state index is 13.3. The molecule has 0 bridgehead atoms. The molecule has 1 aliphatic heterocycles. The summed E-state index contributed by atoms with van der Waals surface area (Å²) in [5.74, 6) is 0.482. The molecule has 1 unspecified atom stereocenters. The van der Waals surface area contributed by atoms with Crippen molar-refractivity contribution in [1.82, 2.24) is 0 Å². The number of hydrogen-bond acceptors (Lipinski definition) is 3. The fraction of sp³-hybridized carbons (Fsp3) is 0.118. The van der Waals surface area contributed by atoms with E-state index in [2.05, 4.69) is 11.9 Å². The number of halogens is 1. The highest BCUT2D eigenvalue weighted by molar-refractivity contribution is 5.99. The highest BCUT2D eigenvalue weighted by Gasteiger charge is 2.23. The van der Waals surface area contributed by atoms with Gasteiger partial charge in [0.2, 0.25) is 5.91 Å². The van der Waals surface area contributed by atoms with Gasteiger partial charge in [-0.05, 0) is 35.9 Å². The number of nitrogens with one attached hydrogen (secondary N) is 1. The number of rotatable bonds is 3. The van der Waals surface area contributed by atoms with E-state index in [4.69, 9.17) is 9.47 Å². The maximum atomic E-state index is 13.3. The van der Waals surface area contributed by atoms with Gasteiger partial charge >= 0.3 is 0 Å². The first-order valence-electron chi connectivity index (χ1n) is 6.78. The molecule has 22 heavy (non-hydrogen) atoms. The van der Waals surface area contributed by atoms with E-state index in [1.54, 1.807) is 30.3 Å². The number of anilines is 1. The summed E-state index contributed by atoms with van der Waals surface area (Å²) in [6.45, 7) is 3.67. The Balaban J connectivity index is 1.79. The average molecular weight is 299 g/mol. The van der Waals surface area contributed by atoms with E-state index in [-0.39, 0.29) is 24.4 Å². The van der Waals surface area contributed by atoms with E-state index in [1.165, 1.54) is 18.2 Å². The second kappa shape index (κ2) is 5.89. The van der Waals surface area contributed by atoms with Crippen molar-refractivity contribution in [3.63, 3.8) is 0 Å². The van der Waals surface area contributed by atoms with Gasteiger partial charge < -0.3 is 14.8 Å². The number of hydrogen-bond donors (Lipinski definition) is 1. The summed E-state index contributed by atoms with van der Waals surface area (Å²) < 4.78 is 24.8. The molecule has 0 spiro atoms.